The minimum Gasteiger partial charge on any atom is -0.406 e. The van der Waals surface area contributed by atoms with Gasteiger partial charge in [0, 0.05) is 25.6 Å². The summed E-state index contributed by atoms with van der Waals surface area (Å²) >= 11 is 0. The van der Waals surface area contributed by atoms with Crippen molar-refractivity contribution in [3.63, 3.8) is 0 Å². The largest absolute Gasteiger partial charge is 0.573 e. The van der Waals surface area contributed by atoms with Gasteiger partial charge in [-0.05, 0) is 79.5 Å². The van der Waals surface area contributed by atoms with Crippen LogP contribution in [0.5, 0.6) is 5.75 Å². The molecule has 34 heavy (non-hydrogen) atoms. The second-order valence-electron chi connectivity index (χ2n) is 8.70. The Bertz CT molecular complexity index is 1130. The number of benzene rings is 2. The van der Waals surface area contributed by atoms with Crippen LogP contribution >= 0.6 is 0 Å². The maximum atomic E-state index is 13.0. The number of aryl methyl sites for hydroxylation is 2. The second-order valence-corrected chi connectivity index (χ2v) is 10.6. The van der Waals surface area contributed by atoms with Gasteiger partial charge in [0.15, 0.2) is 0 Å². The number of hydrogen-bond donors (Lipinski definition) is 1. The zero-order chi connectivity index (χ0) is 24.3. The number of rotatable bonds is 7. The van der Waals surface area contributed by atoms with E-state index < -0.39 is 16.4 Å². The fourth-order valence-corrected chi connectivity index (χ4v) is 6.07. The molecule has 1 heterocycles. The van der Waals surface area contributed by atoms with E-state index in [-0.39, 0.29) is 30.7 Å². The molecule has 2 aromatic rings. The highest BCUT2D eigenvalue weighted by atomic mass is 32.2. The molecule has 0 aromatic heterocycles. The number of piperidine rings is 1. The third-order valence-electron chi connectivity index (χ3n) is 6.40. The number of fused-ring (bicyclic) bond motifs is 1. The minimum absolute atomic E-state index is 0.133. The zero-order valence-corrected chi connectivity index (χ0v) is 19.4. The van der Waals surface area contributed by atoms with Crippen molar-refractivity contribution in [3.05, 3.63) is 59.2 Å². The van der Waals surface area contributed by atoms with E-state index in [2.05, 4.69) is 10.1 Å². The molecule has 184 valence electrons. The standard InChI is InChI=1S/C24H27F3N2O4S/c25-24(26,27)33-21-7-4-17(5-8-21)10-13-28-23(30)19-11-14-29(15-12-19)34(31,32)22-9-6-18-2-1-3-20(18)16-22/h4-9,16,19H,1-3,10-15H2,(H,28,30). The van der Waals surface area contributed by atoms with Crippen LogP contribution in [0.25, 0.3) is 0 Å². The number of nitrogens with one attached hydrogen (secondary N) is 1. The van der Waals surface area contributed by atoms with Crippen LogP contribution in [0.15, 0.2) is 47.4 Å². The molecule has 1 aliphatic heterocycles. The van der Waals surface area contributed by atoms with Gasteiger partial charge in [0.25, 0.3) is 0 Å². The summed E-state index contributed by atoms with van der Waals surface area (Å²) in [4.78, 5) is 12.9. The number of hydrogen-bond acceptors (Lipinski definition) is 4. The summed E-state index contributed by atoms with van der Waals surface area (Å²) in [6.45, 7) is 0.919. The van der Waals surface area contributed by atoms with Crippen LogP contribution in [-0.4, -0.2) is 44.6 Å². The van der Waals surface area contributed by atoms with Crippen LogP contribution < -0.4 is 10.1 Å². The van der Waals surface area contributed by atoms with Crippen molar-refractivity contribution in [2.24, 2.45) is 5.92 Å². The van der Waals surface area contributed by atoms with Gasteiger partial charge < -0.3 is 10.1 Å². The highest BCUT2D eigenvalue weighted by Crippen LogP contribution is 2.29. The number of halogens is 3. The molecule has 4 rings (SSSR count). The van der Waals surface area contributed by atoms with Crippen LogP contribution in [0.4, 0.5) is 13.2 Å². The van der Waals surface area contributed by atoms with Gasteiger partial charge in [-0.3, -0.25) is 4.79 Å². The fraction of sp³-hybridized carbons (Fsp3) is 0.458. The molecule has 1 fully saturated rings. The number of nitrogens with zero attached hydrogens (tertiary/aromatic N) is 1. The first-order valence-corrected chi connectivity index (χ1v) is 12.8. The van der Waals surface area contributed by atoms with E-state index >= 15 is 0 Å². The van der Waals surface area contributed by atoms with Crippen molar-refractivity contribution in [2.75, 3.05) is 19.6 Å². The second kappa shape index (κ2) is 9.95. The van der Waals surface area contributed by atoms with Gasteiger partial charge in [0.05, 0.1) is 4.90 Å². The van der Waals surface area contributed by atoms with Gasteiger partial charge >= 0.3 is 6.36 Å². The van der Waals surface area contributed by atoms with Gasteiger partial charge in [-0.2, -0.15) is 4.31 Å². The number of carbonyl (C=O) groups is 1. The summed E-state index contributed by atoms with van der Waals surface area (Å²) in [6.07, 6.45) is -0.425. The number of carbonyl (C=O) groups excluding carboxylic acids is 1. The SMILES string of the molecule is O=C(NCCc1ccc(OC(F)(F)F)cc1)C1CCN(S(=O)(=O)c2ccc3c(c2)CCC3)CC1. The summed E-state index contributed by atoms with van der Waals surface area (Å²) < 4.78 is 68.1. The van der Waals surface area contributed by atoms with E-state index in [9.17, 15) is 26.4 Å². The molecule has 1 amide bonds. The summed E-state index contributed by atoms with van der Waals surface area (Å²) in [5.74, 6) is -0.692. The Morgan fingerprint density at radius 1 is 1.03 bits per heavy atom. The van der Waals surface area contributed by atoms with Crippen molar-refractivity contribution in [1.29, 1.82) is 0 Å². The van der Waals surface area contributed by atoms with Crippen LogP contribution in [-0.2, 0) is 34.1 Å². The van der Waals surface area contributed by atoms with Crippen LogP contribution in [0, 0.1) is 5.92 Å². The highest BCUT2D eigenvalue weighted by molar-refractivity contribution is 7.89. The van der Waals surface area contributed by atoms with Crippen molar-refractivity contribution < 1.29 is 31.1 Å². The van der Waals surface area contributed by atoms with Crippen LogP contribution in [0.1, 0.15) is 36.0 Å². The molecular formula is C24H27F3N2O4S. The Balaban J connectivity index is 1.24. The average molecular weight is 497 g/mol. The maximum Gasteiger partial charge on any atom is 0.573 e. The lowest BCUT2D eigenvalue weighted by molar-refractivity contribution is -0.274. The Labute approximate surface area is 197 Å². The summed E-state index contributed by atoms with van der Waals surface area (Å²) in [7, 11) is -3.58. The first-order chi connectivity index (χ1) is 16.1. The summed E-state index contributed by atoms with van der Waals surface area (Å²) in [5.41, 5.74) is 3.10. The molecule has 0 saturated carbocycles. The van der Waals surface area contributed by atoms with Gasteiger partial charge in [-0.15, -0.1) is 13.2 Å². The van der Waals surface area contributed by atoms with Gasteiger partial charge in [-0.25, -0.2) is 8.42 Å². The van der Waals surface area contributed by atoms with Crippen LogP contribution in [0.2, 0.25) is 0 Å². The van der Waals surface area contributed by atoms with E-state index in [1.165, 1.54) is 34.1 Å². The third kappa shape index (κ3) is 5.90. The van der Waals surface area contributed by atoms with Crippen molar-refractivity contribution in [1.82, 2.24) is 9.62 Å². The van der Waals surface area contributed by atoms with Crippen molar-refractivity contribution >= 4 is 15.9 Å². The molecule has 0 radical (unpaired) electrons. The van der Waals surface area contributed by atoms with Gasteiger partial charge in [-0.1, -0.05) is 18.2 Å². The quantitative estimate of drug-likeness (QED) is 0.632. The van der Waals surface area contributed by atoms with E-state index in [1.54, 1.807) is 12.1 Å². The molecular weight excluding hydrogens is 469 g/mol. The maximum absolute atomic E-state index is 13.0. The smallest absolute Gasteiger partial charge is 0.406 e. The molecule has 6 nitrogen and oxygen atoms in total. The predicted molar refractivity (Wildman–Crippen MR) is 120 cm³/mol. The third-order valence-corrected chi connectivity index (χ3v) is 8.30. The Hall–Kier alpha value is -2.59. The van der Waals surface area contributed by atoms with Gasteiger partial charge in [0.2, 0.25) is 15.9 Å². The molecule has 1 N–H and O–H groups in total. The van der Waals surface area contributed by atoms with Crippen molar-refractivity contribution in [3.8, 4) is 5.75 Å². The number of alkyl halides is 3. The zero-order valence-electron chi connectivity index (χ0n) is 18.6. The molecule has 0 atom stereocenters. The number of amides is 1. The Morgan fingerprint density at radius 3 is 2.38 bits per heavy atom. The fourth-order valence-electron chi connectivity index (χ4n) is 4.55. The van der Waals surface area contributed by atoms with Gasteiger partial charge in [0.1, 0.15) is 5.75 Å². The lowest BCUT2D eigenvalue weighted by atomic mass is 9.97. The van der Waals surface area contributed by atoms with Crippen LogP contribution in [0.3, 0.4) is 0 Å². The Kier molecular flexibility index (Phi) is 7.18. The molecule has 0 spiro atoms. The first-order valence-electron chi connectivity index (χ1n) is 11.4. The molecule has 0 unspecified atom stereocenters. The minimum atomic E-state index is -4.73. The monoisotopic (exact) mass is 496 g/mol. The molecule has 10 heteroatoms. The predicted octanol–water partition coefficient (Wildman–Crippen LogP) is 3.83. The Morgan fingerprint density at radius 2 is 1.71 bits per heavy atom. The molecule has 2 aliphatic rings. The lowest BCUT2D eigenvalue weighted by Crippen LogP contribution is -2.43. The lowest BCUT2D eigenvalue weighted by Gasteiger charge is -2.30. The van der Waals surface area contributed by atoms with E-state index in [0.717, 1.165) is 30.4 Å². The van der Waals surface area contributed by atoms with E-state index in [4.69, 9.17) is 0 Å². The number of sulfonamides is 1. The van der Waals surface area contributed by atoms with E-state index in [0.29, 0.717) is 30.7 Å². The molecule has 2 aromatic carbocycles. The summed E-state index contributed by atoms with van der Waals surface area (Å²) in [5, 5.41) is 2.85. The number of ether oxygens (including phenoxy) is 1. The molecule has 0 bridgehead atoms. The molecule has 1 aliphatic carbocycles. The summed E-state index contributed by atoms with van der Waals surface area (Å²) in [6, 6.07) is 10.9. The average Bonchev–Trinajstić information content (AvgIpc) is 3.27. The van der Waals surface area contributed by atoms with E-state index in [1.807, 2.05) is 6.07 Å². The topological polar surface area (TPSA) is 75.7 Å². The van der Waals surface area contributed by atoms with Crippen molar-refractivity contribution in [2.45, 2.75) is 49.8 Å². The first kappa shape index (κ1) is 24.5. The highest BCUT2D eigenvalue weighted by Gasteiger charge is 2.33. The normalized spacial score (nSPS) is 17.4. The molecule has 1 saturated heterocycles.